The number of hydrogen-bond acceptors (Lipinski definition) is 7. The van der Waals surface area contributed by atoms with Crippen molar-refractivity contribution in [3.63, 3.8) is 0 Å². The molecule has 9 heteroatoms. The fourth-order valence-corrected chi connectivity index (χ4v) is 4.12. The Hall–Kier alpha value is -3.59. The molecule has 1 aliphatic rings. The summed E-state index contributed by atoms with van der Waals surface area (Å²) in [6.45, 7) is 4.14. The monoisotopic (exact) mass is 455 g/mol. The molecule has 1 amide bonds. The maximum absolute atomic E-state index is 13.2. The maximum atomic E-state index is 13.2. The van der Waals surface area contributed by atoms with Gasteiger partial charge in [0, 0.05) is 24.3 Å². The molecule has 1 aliphatic heterocycles. The molecule has 0 spiro atoms. The lowest BCUT2D eigenvalue weighted by Crippen LogP contribution is -2.35. The van der Waals surface area contributed by atoms with E-state index in [0.717, 1.165) is 0 Å². The Morgan fingerprint density at radius 3 is 2.52 bits per heavy atom. The molecule has 0 aliphatic carbocycles. The number of aliphatic hydroxyl groups is 1. The van der Waals surface area contributed by atoms with Gasteiger partial charge in [-0.05, 0) is 51.2 Å². The number of likely N-dealkylation sites (tertiary alicyclic amines) is 1. The quantitative estimate of drug-likeness (QED) is 0.285. The Morgan fingerprint density at radius 2 is 1.91 bits per heavy atom. The van der Waals surface area contributed by atoms with Gasteiger partial charge in [-0.3, -0.25) is 9.59 Å². The number of likely N-dealkylation sites (N-methyl/N-ethyl adjacent to an activating group) is 1. The molecule has 1 atom stereocenters. The van der Waals surface area contributed by atoms with Crippen LogP contribution in [0, 0.1) is 13.8 Å². The molecular formula is C24H29N3O6. The Labute approximate surface area is 192 Å². The third kappa shape index (κ3) is 4.36. The van der Waals surface area contributed by atoms with Crippen LogP contribution in [0.4, 0.5) is 0 Å². The topological polar surface area (TPSA) is 112 Å². The zero-order valence-electron chi connectivity index (χ0n) is 19.7. The summed E-state index contributed by atoms with van der Waals surface area (Å²) < 4.78 is 10.1. The second-order valence-corrected chi connectivity index (χ2v) is 8.19. The van der Waals surface area contributed by atoms with E-state index in [1.54, 1.807) is 38.1 Å². The standard InChI is InChI=1S/C24H29N3O6/c1-13-17(14(2)25-19(13)24(31)33-6)21(28)18-20(15-8-7-9-16(12-15)32-5)27(11-10-26(3)4)23(30)22(18)29/h7-9,12,20,25,28H,10-11H2,1-6H3/t20-/m1/s1. The highest BCUT2D eigenvalue weighted by Crippen LogP contribution is 2.41. The van der Waals surface area contributed by atoms with Crippen LogP contribution in [0.5, 0.6) is 5.75 Å². The first kappa shape index (κ1) is 24.1. The van der Waals surface area contributed by atoms with Crippen LogP contribution < -0.4 is 4.74 Å². The molecule has 0 radical (unpaired) electrons. The highest BCUT2D eigenvalue weighted by Gasteiger charge is 2.46. The minimum atomic E-state index is -0.810. The summed E-state index contributed by atoms with van der Waals surface area (Å²) in [5, 5.41) is 11.4. The second-order valence-electron chi connectivity index (χ2n) is 8.19. The van der Waals surface area contributed by atoms with Crippen molar-refractivity contribution in [3.8, 4) is 5.75 Å². The van der Waals surface area contributed by atoms with E-state index in [4.69, 9.17) is 9.47 Å². The van der Waals surface area contributed by atoms with Gasteiger partial charge in [0.05, 0.1) is 25.8 Å². The molecule has 1 saturated heterocycles. The molecule has 9 nitrogen and oxygen atoms in total. The zero-order valence-corrected chi connectivity index (χ0v) is 19.7. The molecule has 2 N–H and O–H groups in total. The van der Waals surface area contributed by atoms with Gasteiger partial charge in [-0.15, -0.1) is 0 Å². The molecule has 1 aromatic carbocycles. The summed E-state index contributed by atoms with van der Waals surface area (Å²) in [6.07, 6.45) is 0. The Kier molecular flexibility index (Phi) is 6.92. The van der Waals surface area contributed by atoms with Crippen LogP contribution in [0.2, 0.25) is 0 Å². The van der Waals surface area contributed by atoms with Crippen molar-refractivity contribution >= 4 is 23.4 Å². The lowest BCUT2D eigenvalue weighted by Gasteiger charge is -2.26. The third-order valence-electron chi connectivity index (χ3n) is 5.80. The van der Waals surface area contributed by atoms with Crippen molar-refractivity contribution in [2.24, 2.45) is 0 Å². The third-order valence-corrected chi connectivity index (χ3v) is 5.80. The molecule has 3 rings (SSSR count). The molecule has 1 fully saturated rings. The molecule has 33 heavy (non-hydrogen) atoms. The van der Waals surface area contributed by atoms with Crippen molar-refractivity contribution in [3.05, 3.63) is 57.9 Å². The van der Waals surface area contributed by atoms with Crippen LogP contribution in [0.15, 0.2) is 29.8 Å². The van der Waals surface area contributed by atoms with Crippen molar-refractivity contribution in [2.75, 3.05) is 41.4 Å². The summed E-state index contributed by atoms with van der Waals surface area (Å²) in [4.78, 5) is 44.6. The van der Waals surface area contributed by atoms with Gasteiger partial charge in [-0.1, -0.05) is 12.1 Å². The number of H-pyrrole nitrogens is 1. The summed E-state index contributed by atoms with van der Waals surface area (Å²) >= 11 is 0. The van der Waals surface area contributed by atoms with E-state index in [1.807, 2.05) is 19.0 Å². The Balaban J connectivity index is 2.23. The predicted molar refractivity (Wildman–Crippen MR) is 122 cm³/mol. The number of Topliss-reactive ketones (excluding diaryl/α,β-unsaturated/α-hetero) is 1. The number of methoxy groups -OCH3 is 2. The number of ketones is 1. The van der Waals surface area contributed by atoms with Crippen LogP contribution >= 0.6 is 0 Å². The fraction of sp³-hybridized carbons (Fsp3) is 0.375. The molecule has 1 aromatic heterocycles. The van der Waals surface area contributed by atoms with Crippen molar-refractivity contribution in [1.82, 2.24) is 14.8 Å². The van der Waals surface area contributed by atoms with Crippen molar-refractivity contribution in [2.45, 2.75) is 19.9 Å². The maximum Gasteiger partial charge on any atom is 0.354 e. The highest BCUT2D eigenvalue weighted by molar-refractivity contribution is 6.46. The normalized spacial score (nSPS) is 17.7. The first-order valence-corrected chi connectivity index (χ1v) is 10.5. The van der Waals surface area contributed by atoms with Crippen LogP contribution in [-0.2, 0) is 14.3 Å². The minimum Gasteiger partial charge on any atom is -0.507 e. The van der Waals surface area contributed by atoms with Gasteiger partial charge in [0.1, 0.15) is 17.2 Å². The fourth-order valence-electron chi connectivity index (χ4n) is 4.12. The van der Waals surface area contributed by atoms with Crippen LogP contribution in [-0.4, -0.2) is 79.0 Å². The van der Waals surface area contributed by atoms with E-state index < -0.39 is 23.7 Å². The summed E-state index contributed by atoms with van der Waals surface area (Å²) in [7, 11) is 6.54. The smallest absolute Gasteiger partial charge is 0.354 e. The average Bonchev–Trinajstić information content (AvgIpc) is 3.23. The summed E-state index contributed by atoms with van der Waals surface area (Å²) in [6, 6.07) is 6.24. The molecule has 2 aromatic rings. The average molecular weight is 456 g/mol. The Bertz CT molecular complexity index is 1130. The minimum absolute atomic E-state index is 0.0337. The molecular weight excluding hydrogens is 426 g/mol. The first-order valence-electron chi connectivity index (χ1n) is 10.5. The van der Waals surface area contributed by atoms with Gasteiger partial charge >= 0.3 is 5.97 Å². The summed E-state index contributed by atoms with van der Waals surface area (Å²) in [5.74, 6) is -1.84. The number of esters is 1. The van der Waals surface area contributed by atoms with Crippen LogP contribution in [0.3, 0.4) is 0 Å². The number of aliphatic hydroxyl groups excluding tert-OH is 1. The largest absolute Gasteiger partial charge is 0.507 e. The number of rotatable bonds is 7. The Morgan fingerprint density at radius 1 is 1.21 bits per heavy atom. The van der Waals surface area contributed by atoms with E-state index in [2.05, 4.69) is 4.98 Å². The number of benzene rings is 1. The number of carbonyl (C=O) groups excluding carboxylic acids is 3. The number of aryl methyl sites for hydroxylation is 1. The van der Waals surface area contributed by atoms with Gasteiger partial charge in [-0.25, -0.2) is 4.79 Å². The predicted octanol–water partition coefficient (Wildman–Crippen LogP) is 2.41. The van der Waals surface area contributed by atoms with Gasteiger partial charge < -0.3 is 29.4 Å². The number of nitrogens with zero attached hydrogens (tertiary/aromatic N) is 2. The first-order chi connectivity index (χ1) is 15.6. The second kappa shape index (κ2) is 9.50. The number of aromatic nitrogens is 1. The van der Waals surface area contributed by atoms with Gasteiger partial charge in [0.2, 0.25) is 0 Å². The summed E-state index contributed by atoms with van der Waals surface area (Å²) in [5.41, 5.74) is 1.99. The van der Waals surface area contributed by atoms with Gasteiger partial charge in [-0.2, -0.15) is 0 Å². The lowest BCUT2D eigenvalue weighted by atomic mass is 9.94. The number of carbonyl (C=O) groups is 3. The molecule has 0 bridgehead atoms. The molecule has 176 valence electrons. The SMILES string of the molecule is COC(=O)c1[nH]c(C)c(C(O)=C2C(=O)C(=O)N(CCN(C)C)[C@@H]2c2cccc(OC)c2)c1C. The van der Waals surface area contributed by atoms with E-state index in [0.29, 0.717) is 34.7 Å². The van der Waals surface area contributed by atoms with Crippen LogP contribution in [0.1, 0.15) is 38.9 Å². The molecule has 2 heterocycles. The van der Waals surface area contributed by atoms with E-state index in [9.17, 15) is 19.5 Å². The van der Waals surface area contributed by atoms with Gasteiger partial charge in [0.15, 0.2) is 0 Å². The number of nitrogens with one attached hydrogen (secondary N) is 1. The van der Waals surface area contributed by atoms with E-state index in [1.165, 1.54) is 19.1 Å². The number of amides is 1. The van der Waals surface area contributed by atoms with E-state index >= 15 is 0 Å². The number of aromatic amines is 1. The van der Waals surface area contributed by atoms with Crippen molar-refractivity contribution < 1.29 is 29.0 Å². The van der Waals surface area contributed by atoms with Crippen LogP contribution in [0.25, 0.3) is 5.76 Å². The van der Waals surface area contributed by atoms with Gasteiger partial charge in [0.25, 0.3) is 11.7 Å². The number of hydrogen-bond donors (Lipinski definition) is 2. The van der Waals surface area contributed by atoms with E-state index in [-0.39, 0.29) is 23.6 Å². The number of ether oxygens (including phenoxy) is 2. The molecule has 0 saturated carbocycles. The van der Waals surface area contributed by atoms with Crippen molar-refractivity contribution in [1.29, 1.82) is 0 Å². The molecule has 0 unspecified atom stereocenters. The highest BCUT2D eigenvalue weighted by atomic mass is 16.5. The zero-order chi connectivity index (χ0) is 24.4. The lowest BCUT2D eigenvalue weighted by molar-refractivity contribution is -0.140.